The van der Waals surface area contributed by atoms with E-state index in [1.165, 1.54) is 6.07 Å². The topological polar surface area (TPSA) is 38.3 Å². The summed E-state index contributed by atoms with van der Waals surface area (Å²) in [6.45, 7) is 0.424. The molecule has 1 aliphatic heterocycles. The van der Waals surface area contributed by atoms with Gasteiger partial charge in [0.25, 0.3) is 0 Å². The van der Waals surface area contributed by atoms with Crippen molar-refractivity contribution in [1.82, 2.24) is 5.32 Å². The van der Waals surface area contributed by atoms with Gasteiger partial charge in [-0.05, 0) is 36.8 Å². The van der Waals surface area contributed by atoms with Gasteiger partial charge in [-0.15, -0.1) is 0 Å². The summed E-state index contributed by atoms with van der Waals surface area (Å²) in [7, 11) is 0. The number of rotatable bonds is 2. The summed E-state index contributed by atoms with van der Waals surface area (Å²) in [5.74, 6) is -0.665. The molecule has 1 aromatic carbocycles. The smallest absolute Gasteiger partial charge is 0.368 e. The van der Waals surface area contributed by atoms with E-state index in [1.54, 1.807) is 18.2 Å². The van der Waals surface area contributed by atoms with Gasteiger partial charge in [-0.1, -0.05) is 24.3 Å². The van der Waals surface area contributed by atoms with Crippen LogP contribution >= 0.6 is 0 Å². The molecule has 3 rings (SSSR count). The van der Waals surface area contributed by atoms with Crippen molar-refractivity contribution in [3.8, 4) is 0 Å². The summed E-state index contributed by atoms with van der Waals surface area (Å²) in [5.41, 5.74) is -1.49. The average molecular weight is 299 g/mol. The van der Waals surface area contributed by atoms with Crippen LogP contribution in [0.4, 0.5) is 13.2 Å². The van der Waals surface area contributed by atoms with E-state index in [0.29, 0.717) is 31.4 Å². The molecule has 21 heavy (non-hydrogen) atoms. The lowest BCUT2D eigenvalue weighted by atomic mass is 9.90. The number of benzene rings is 1. The lowest BCUT2D eigenvalue weighted by molar-refractivity contribution is -0.203. The quantitative estimate of drug-likeness (QED) is 0.912. The SMILES string of the molecule is O=C(N[C@]1(C(F)(F)F)CCc2ccccc21)[C@@H]1CCCO1. The predicted octanol–water partition coefficient (Wildman–Crippen LogP) is 2.69. The zero-order chi connectivity index (χ0) is 15.1. The minimum atomic E-state index is -4.53. The molecule has 1 fully saturated rings. The van der Waals surface area contributed by atoms with E-state index in [-0.39, 0.29) is 12.0 Å². The van der Waals surface area contributed by atoms with Crippen LogP contribution in [0, 0.1) is 0 Å². The van der Waals surface area contributed by atoms with Crippen molar-refractivity contribution in [2.45, 2.75) is 43.5 Å². The fraction of sp³-hybridized carbons (Fsp3) is 0.533. The van der Waals surface area contributed by atoms with Gasteiger partial charge < -0.3 is 10.1 Å². The molecule has 2 aliphatic rings. The van der Waals surface area contributed by atoms with E-state index in [0.717, 1.165) is 0 Å². The van der Waals surface area contributed by atoms with Crippen LogP contribution in [-0.4, -0.2) is 24.8 Å². The summed E-state index contributed by atoms with van der Waals surface area (Å²) >= 11 is 0. The second-order valence-electron chi connectivity index (χ2n) is 5.55. The largest absolute Gasteiger partial charge is 0.415 e. The molecule has 3 nitrogen and oxygen atoms in total. The van der Waals surface area contributed by atoms with Gasteiger partial charge in [-0.3, -0.25) is 4.79 Å². The number of halogens is 3. The van der Waals surface area contributed by atoms with Crippen LogP contribution < -0.4 is 5.32 Å². The van der Waals surface area contributed by atoms with Crippen molar-refractivity contribution in [3.05, 3.63) is 35.4 Å². The second-order valence-corrected chi connectivity index (χ2v) is 5.55. The molecule has 0 saturated carbocycles. The van der Waals surface area contributed by atoms with Crippen molar-refractivity contribution in [2.75, 3.05) is 6.61 Å². The third-order valence-corrected chi connectivity index (χ3v) is 4.29. The maximum atomic E-state index is 13.7. The van der Waals surface area contributed by atoms with Crippen LogP contribution in [0.3, 0.4) is 0 Å². The van der Waals surface area contributed by atoms with Gasteiger partial charge in [0.05, 0.1) is 0 Å². The molecule has 1 N–H and O–H groups in total. The lowest BCUT2D eigenvalue weighted by Crippen LogP contribution is -2.56. The highest BCUT2D eigenvalue weighted by molar-refractivity contribution is 5.82. The molecule has 1 aliphatic carbocycles. The van der Waals surface area contributed by atoms with Gasteiger partial charge in [0.15, 0.2) is 5.54 Å². The molecule has 1 aromatic rings. The Kier molecular flexibility index (Phi) is 3.43. The van der Waals surface area contributed by atoms with Crippen molar-refractivity contribution in [2.24, 2.45) is 0 Å². The first-order chi connectivity index (χ1) is 9.94. The van der Waals surface area contributed by atoms with Crippen molar-refractivity contribution >= 4 is 5.91 Å². The van der Waals surface area contributed by atoms with Gasteiger partial charge in [-0.2, -0.15) is 13.2 Å². The number of ether oxygens (including phenoxy) is 1. The van der Waals surface area contributed by atoms with Crippen LogP contribution in [0.2, 0.25) is 0 Å². The number of nitrogens with one attached hydrogen (secondary N) is 1. The third kappa shape index (κ3) is 2.31. The summed E-state index contributed by atoms with van der Waals surface area (Å²) < 4.78 is 46.3. The zero-order valence-corrected chi connectivity index (χ0v) is 11.4. The van der Waals surface area contributed by atoms with E-state index in [2.05, 4.69) is 5.32 Å². The van der Waals surface area contributed by atoms with E-state index in [1.807, 2.05) is 0 Å². The minimum Gasteiger partial charge on any atom is -0.368 e. The lowest BCUT2D eigenvalue weighted by Gasteiger charge is -2.34. The van der Waals surface area contributed by atoms with E-state index < -0.39 is 23.7 Å². The number of alkyl halides is 3. The van der Waals surface area contributed by atoms with E-state index in [9.17, 15) is 18.0 Å². The standard InChI is InChI=1S/C15H16F3NO2/c16-15(17,18)14(19-13(20)12-6-3-9-21-12)8-7-10-4-1-2-5-11(10)14/h1-2,4-5,12H,3,6-9H2,(H,19,20)/t12-,14+/m0/s1. The molecule has 0 spiro atoms. The average Bonchev–Trinajstić information content (AvgIpc) is 3.06. The van der Waals surface area contributed by atoms with Gasteiger partial charge in [0.1, 0.15) is 6.10 Å². The maximum absolute atomic E-state index is 13.7. The highest BCUT2D eigenvalue weighted by atomic mass is 19.4. The van der Waals surface area contributed by atoms with Crippen LogP contribution in [-0.2, 0) is 21.5 Å². The molecular weight excluding hydrogens is 283 g/mol. The molecule has 0 bridgehead atoms. The monoisotopic (exact) mass is 299 g/mol. The Morgan fingerprint density at radius 3 is 2.76 bits per heavy atom. The summed E-state index contributed by atoms with van der Waals surface area (Å²) in [4.78, 5) is 12.1. The van der Waals surface area contributed by atoms with Gasteiger partial charge in [-0.25, -0.2) is 0 Å². The number of hydrogen-bond acceptors (Lipinski definition) is 2. The highest BCUT2D eigenvalue weighted by Gasteiger charge is 2.60. The fourth-order valence-corrected chi connectivity index (χ4v) is 3.18. The van der Waals surface area contributed by atoms with Gasteiger partial charge in [0.2, 0.25) is 5.91 Å². The molecule has 0 unspecified atom stereocenters. The van der Waals surface area contributed by atoms with Crippen molar-refractivity contribution in [3.63, 3.8) is 0 Å². The van der Waals surface area contributed by atoms with Gasteiger partial charge in [0, 0.05) is 6.61 Å². The summed E-state index contributed by atoms with van der Waals surface area (Å²) in [5, 5.41) is 2.24. The Hall–Kier alpha value is -1.56. The van der Waals surface area contributed by atoms with Crippen molar-refractivity contribution in [1.29, 1.82) is 0 Å². The Morgan fingerprint density at radius 2 is 2.10 bits per heavy atom. The van der Waals surface area contributed by atoms with Crippen LogP contribution in [0.15, 0.2) is 24.3 Å². The Bertz CT molecular complexity index is 552. The van der Waals surface area contributed by atoms with E-state index >= 15 is 0 Å². The number of fused-ring (bicyclic) bond motifs is 1. The molecular formula is C15H16F3NO2. The predicted molar refractivity (Wildman–Crippen MR) is 69.6 cm³/mol. The summed E-state index contributed by atoms with van der Waals surface area (Å²) in [6.07, 6.45) is -3.98. The van der Waals surface area contributed by atoms with Crippen LogP contribution in [0.1, 0.15) is 30.4 Å². The molecule has 1 saturated heterocycles. The summed E-state index contributed by atoms with van der Waals surface area (Å²) in [6, 6.07) is 6.42. The number of amides is 1. The molecule has 1 heterocycles. The Balaban J connectivity index is 1.94. The van der Waals surface area contributed by atoms with E-state index in [4.69, 9.17) is 4.74 Å². The molecule has 0 radical (unpaired) electrons. The second kappa shape index (κ2) is 5.02. The number of hydrogen-bond donors (Lipinski definition) is 1. The van der Waals surface area contributed by atoms with Crippen LogP contribution in [0.25, 0.3) is 0 Å². The Morgan fingerprint density at radius 1 is 1.33 bits per heavy atom. The molecule has 6 heteroatoms. The number of carbonyl (C=O) groups is 1. The fourth-order valence-electron chi connectivity index (χ4n) is 3.18. The van der Waals surface area contributed by atoms with Gasteiger partial charge >= 0.3 is 6.18 Å². The molecule has 114 valence electrons. The Labute approximate surface area is 120 Å². The number of carbonyl (C=O) groups excluding carboxylic acids is 1. The maximum Gasteiger partial charge on any atom is 0.415 e. The van der Waals surface area contributed by atoms with Crippen LogP contribution in [0.5, 0.6) is 0 Å². The highest BCUT2D eigenvalue weighted by Crippen LogP contribution is 2.48. The minimum absolute atomic E-state index is 0.156. The molecule has 0 aromatic heterocycles. The first-order valence-corrected chi connectivity index (χ1v) is 7.03. The first-order valence-electron chi connectivity index (χ1n) is 7.03. The zero-order valence-electron chi connectivity index (χ0n) is 11.4. The third-order valence-electron chi connectivity index (χ3n) is 4.29. The molecule has 1 amide bonds. The van der Waals surface area contributed by atoms with Crippen molar-refractivity contribution < 1.29 is 22.7 Å². The number of aryl methyl sites for hydroxylation is 1. The molecule has 2 atom stereocenters. The first kappa shape index (κ1) is 14.4. The normalized spacial score (nSPS) is 28.4.